The lowest BCUT2D eigenvalue weighted by molar-refractivity contribution is 0.380. The van der Waals surface area contributed by atoms with Crippen LogP contribution in [0.4, 0.5) is 0 Å². The van der Waals surface area contributed by atoms with Gasteiger partial charge in [0, 0.05) is 11.5 Å². The lowest BCUT2D eigenvalue weighted by Gasteiger charge is -1.97. The van der Waals surface area contributed by atoms with E-state index in [0.29, 0.717) is 11.7 Å². The summed E-state index contributed by atoms with van der Waals surface area (Å²) in [6, 6.07) is 8.34. The van der Waals surface area contributed by atoms with E-state index in [9.17, 15) is 0 Å². The summed E-state index contributed by atoms with van der Waals surface area (Å²) >= 11 is 0. The fourth-order valence-electron chi connectivity index (χ4n) is 1.74. The molecule has 1 aromatic heterocycles. The molecule has 16 heavy (non-hydrogen) atoms. The number of nitrogens with zero attached hydrogens (tertiary/aromatic N) is 2. The first-order valence-electron chi connectivity index (χ1n) is 5.79. The fraction of sp³-hybridized carbons (Fsp3) is 0.385. The standard InChI is InChI=1S/C13H14N2O/c1-2-9-3-5-10(6-4-9)12-14-13(16-15-12)11-7-8-11/h3-6,11H,2,7-8H2,1H3. The van der Waals surface area contributed by atoms with Crippen molar-refractivity contribution < 1.29 is 4.52 Å². The van der Waals surface area contributed by atoms with Crippen LogP contribution >= 0.6 is 0 Å². The average Bonchev–Trinajstić information content (AvgIpc) is 3.08. The van der Waals surface area contributed by atoms with Crippen molar-refractivity contribution in [2.75, 3.05) is 0 Å². The minimum absolute atomic E-state index is 0.524. The quantitative estimate of drug-likeness (QED) is 0.787. The zero-order chi connectivity index (χ0) is 11.0. The number of aromatic nitrogens is 2. The van der Waals surface area contributed by atoms with Crippen LogP contribution in [0.15, 0.2) is 28.8 Å². The van der Waals surface area contributed by atoms with Gasteiger partial charge in [0.1, 0.15) is 0 Å². The molecule has 0 amide bonds. The molecule has 3 heteroatoms. The Balaban J connectivity index is 1.88. The van der Waals surface area contributed by atoms with Gasteiger partial charge in [0.15, 0.2) is 0 Å². The van der Waals surface area contributed by atoms with E-state index < -0.39 is 0 Å². The highest BCUT2D eigenvalue weighted by molar-refractivity contribution is 5.54. The van der Waals surface area contributed by atoms with Crippen LogP contribution in [0, 0.1) is 0 Å². The Hall–Kier alpha value is -1.64. The topological polar surface area (TPSA) is 38.9 Å². The van der Waals surface area contributed by atoms with Gasteiger partial charge in [0.2, 0.25) is 11.7 Å². The van der Waals surface area contributed by atoms with E-state index in [-0.39, 0.29) is 0 Å². The molecule has 0 N–H and O–H groups in total. The summed E-state index contributed by atoms with van der Waals surface area (Å²) in [7, 11) is 0. The van der Waals surface area contributed by atoms with Gasteiger partial charge in [-0.05, 0) is 24.8 Å². The maximum absolute atomic E-state index is 5.24. The van der Waals surface area contributed by atoms with Crippen LogP contribution in [0.1, 0.15) is 37.1 Å². The number of hydrogen-bond donors (Lipinski definition) is 0. The summed E-state index contributed by atoms with van der Waals surface area (Å²) in [5, 5.41) is 4.02. The molecule has 82 valence electrons. The minimum atomic E-state index is 0.524. The van der Waals surface area contributed by atoms with Gasteiger partial charge in [0.25, 0.3) is 0 Å². The van der Waals surface area contributed by atoms with Crippen molar-refractivity contribution in [2.45, 2.75) is 32.1 Å². The highest BCUT2D eigenvalue weighted by atomic mass is 16.5. The van der Waals surface area contributed by atoms with E-state index in [0.717, 1.165) is 17.9 Å². The first kappa shape index (κ1) is 9.58. The second-order valence-electron chi connectivity index (χ2n) is 4.28. The van der Waals surface area contributed by atoms with Gasteiger partial charge in [-0.25, -0.2) is 0 Å². The summed E-state index contributed by atoms with van der Waals surface area (Å²) in [5.74, 6) is 2.04. The molecule has 0 atom stereocenters. The Kier molecular flexibility index (Phi) is 2.24. The molecule has 1 aromatic carbocycles. The van der Waals surface area contributed by atoms with E-state index >= 15 is 0 Å². The summed E-state index contributed by atoms with van der Waals surface area (Å²) in [4.78, 5) is 4.42. The summed E-state index contributed by atoms with van der Waals surface area (Å²) < 4.78 is 5.24. The highest BCUT2D eigenvalue weighted by Crippen LogP contribution is 2.39. The van der Waals surface area contributed by atoms with Crippen molar-refractivity contribution in [3.05, 3.63) is 35.7 Å². The molecular formula is C13H14N2O. The first-order valence-corrected chi connectivity index (χ1v) is 5.79. The molecule has 0 spiro atoms. The second kappa shape index (κ2) is 3.74. The van der Waals surface area contributed by atoms with Gasteiger partial charge < -0.3 is 4.52 Å². The normalized spacial score (nSPS) is 15.3. The molecule has 0 aliphatic heterocycles. The van der Waals surface area contributed by atoms with Gasteiger partial charge in [-0.3, -0.25) is 0 Å². The van der Waals surface area contributed by atoms with Crippen LogP contribution in [-0.4, -0.2) is 10.1 Å². The molecule has 0 saturated heterocycles. The van der Waals surface area contributed by atoms with Crippen LogP contribution in [0.2, 0.25) is 0 Å². The second-order valence-corrected chi connectivity index (χ2v) is 4.28. The molecule has 1 saturated carbocycles. The third-order valence-corrected chi connectivity index (χ3v) is 2.99. The van der Waals surface area contributed by atoms with Crippen LogP contribution in [-0.2, 0) is 6.42 Å². The van der Waals surface area contributed by atoms with E-state index in [4.69, 9.17) is 4.52 Å². The Morgan fingerprint density at radius 3 is 2.62 bits per heavy atom. The SMILES string of the molecule is CCc1ccc(-c2noc(C3CC3)n2)cc1. The lowest BCUT2D eigenvalue weighted by Crippen LogP contribution is -1.84. The van der Waals surface area contributed by atoms with Crippen LogP contribution in [0.3, 0.4) is 0 Å². The molecule has 1 heterocycles. The minimum Gasteiger partial charge on any atom is -0.339 e. The molecule has 3 nitrogen and oxygen atoms in total. The van der Waals surface area contributed by atoms with E-state index in [1.54, 1.807) is 0 Å². The monoisotopic (exact) mass is 214 g/mol. The van der Waals surface area contributed by atoms with Crippen molar-refractivity contribution in [1.82, 2.24) is 10.1 Å². The number of hydrogen-bond acceptors (Lipinski definition) is 3. The number of rotatable bonds is 3. The third-order valence-electron chi connectivity index (χ3n) is 2.99. The summed E-state index contributed by atoms with van der Waals surface area (Å²) in [5.41, 5.74) is 2.36. The fourth-order valence-corrected chi connectivity index (χ4v) is 1.74. The molecule has 0 radical (unpaired) electrons. The smallest absolute Gasteiger partial charge is 0.230 e. The lowest BCUT2D eigenvalue weighted by atomic mass is 10.1. The predicted molar refractivity (Wildman–Crippen MR) is 61.1 cm³/mol. The molecule has 2 aromatic rings. The van der Waals surface area contributed by atoms with Crippen molar-refractivity contribution >= 4 is 0 Å². The molecule has 1 fully saturated rings. The van der Waals surface area contributed by atoms with Gasteiger partial charge >= 0.3 is 0 Å². The predicted octanol–water partition coefficient (Wildman–Crippen LogP) is 3.18. The average molecular weight is 214 g/mol. The summed E-state index contributed by atoms with van der Waals surface area (Å²) in [6.45, 7) is 2.15. The van der Waals surface area contributed by atoms with Gasteiger partial charge in [0.05, 0.1) is 0 Å². The van der Waals surface area contributed by atoms with Crippen LogP contribution in [0.5, 0.6) is 0 Å². The Labute approximate surface area is 94.5 Å². The third kappa shape index (κ3) is 1.73. The number of benzene rings is 1. The Morgan fingerprint density at radius 2 is 2.00 bits per heavy atom. The van der Waals surface area contributed by atoms with Gasteiger partial charge in [-0.2, -0.15) is 4.98 Å². The largest absolute Gasteiger partial charge is 0.339 e. The van der Waals surface area contributed by atoms with Gasteiger partial charge in [-0.15, -0.1) is 0 Å². The Morgan fingerprint density at radius 1 is 1.25 bits per heavy atom. The van der Waals surface area contributed by atoms with E-state index in [1.807, 2.05) is 0 Å². The summed E-state index contributed by atoms with van der Waals surface area (Å²) in [6.07, 6.45) is 3.44. The molecule has 0 bridgehead atoms. The zero-order valence-corrected chi connectivity index (χ0v) is 9.31. The van der Waals surface area contributed by atoms with Crippen LogP contribution in [0.25, 0.3) is 11.4 Å². The molecule has 1 aliphatic carbocycles. The van der Waals surface area contributed by atoms with E-state index in [1.165, 1.54) is 18.4 Å². The van der Waals surface area contributed by atoms with Crippen molar-refractivity contribution in [2.24, 2.45) is 0 Å². The van der Waals surface area contributed by atoms with Crippen molar-refractivity contribution in [3.8, 4) is 11.4 Å². The molecule has 1 aliphatic rings. The maximum Gasteiger partial charge on any atom is 0.230 e. The zero-order valence-electron chi connectivity index (χ0n) is 9.31. The van der Waals surface area contributed by atoms with Crippen molar-refractivity contribution in [1.29, 1.82) is 0 Å². The molecule has 0 unspecified atom stereocenters. The number of aryl methyl sites for hydroxylation is 1. The van der Waals surface area contributed by atoms with Gasteiger partial charge in [-0.1, -0.05) is 36.3 Å². The molecular weight excluding hydrogens is 200 g/mol. The Bertz CT molecular complexity index is 483. The highest BCUT2D eigenvalue weighted by Gasteiger charge is 2.29. The van der Waals surface area contributed by atoms with E-state index in [2.05, 4.69) is 41.3 Å². The maximum atomic E-state index is 5.24. The van der Waals surface area contributed by atoms with Crippen LogP contribution < -0.4 is 0 Å². The molecule has 3 rings (SSSR count). The van der Waals surface area contributed by atoms with Crippen molar-refractivity contribution in [3.63, 3.8) is 0 Å². The first-order chi connectivity index (χ1) is 7.86.